The standard InChI is InChI=1S/C11H23NO2/c1-9(4-6-13-3)12-11-5-7-14-10(2)8-11/h9-12H,4-8H2,1-3H3. The Kier molecular flexibility index (Phi) is 5.45. The molecule has 0 aromatic carbocycles. The maximum absolute atomic E-state index is 5.51. The van der Waals surface area contributed by atoms with E-state index in [0.29, 0.717) is 18.2 Å². The first kappa shape index (κ1) is 12.0. The molecule has 1 heterocycles. The highest BCUT2D eigenvalue weighted by Crippen LogP contribution is 2.14. The minimum Gasteiger partial charge on any atom is -0.385 e. The van der Waals surface area contributed by atoms with E-state index in [-0.39, 0.29) is 0 Å². The van der Waals surface area contributed by atoms with Gasteiger partial charge in [0.15, 0.2) is 0 Å². The summed E-state index contributed by atoms with van der Waals surface area (Å²) in [6.07, 6.45) is 3.78. The van der Waals surface area contributed by atoms with Crippen LogP contribution >= 0.6 is 0 Å². The van der Waals surface area contributed by atoms with Crippen LogP contribution in [0.1, 0.15) is 33.1 Å². The summed E-state index contributed by atoms with van der Waals surface area (Å²) in [5.74, 6) is 0. The van der Waals surface area contributed by atoms with Gasteiger partial charge < -0.3 is 14.8 Å². The summed E-state index contributed by atoms with van der Waals surface area (Å²) in [7, 11) is 1.75. The third-order valence-corrected chi connectivity index (χ3v) is 2.76. The normalized spacial score (nSPS) is 30.2. The number of hydrogen-bond acceptors (Lipinski definition) is 3. The first-order chi connectivity index (χ1) is 6.72. The largest absolute Gasteiger partial charge is 0.385 e. The first-order valence-corrected chi connectivity index (χ1v) is 5.59. The average Bonchev–Trinajstić information content (AvgIpc) is 2.15. The van der Waals surface area contributed by atoms with Gasteiger partial charge >= 0.3 is 0 Å². The van der Waals surface area contributed by atoms with Crippen LogP contribution in [-0.4, -0.2) is 38.5 Å². The highest BCUT2D eigenvalue weighted by atomic mass is 16.5. The first-order valence-electron chi connectivity index (χ1n) is 5.59. The number of methoxy groups -OCH3 is 1. The third kappa shape index (κ3) is 4.40. The molecule has 3 atom stereocenters. The fraction of sp³-hybridized carbons (Fsp3) is 1.00. The van der Waals surface area contributed by atoms with Crippen molar-refractivity contribution in [3.63, 3.8) is 0 Å². The molecule has 1 fully saturated rings. The summed E-state index contributed by atoms with van der Waals surface area (Å²) in [6.45, 7) is 6.11. The van der Waals surface area contributed by atoms with Crippen LogP contribution in [0.25, 0.3) is 0 Å². The molecule has 0 amide bonds. The van der Waals surface area contributed by atoms with Crippen LogP contribution in [-0.2, 0) is 9.47 Å². The molecule has 3 nitrogen and oxygen atoms in total. The smallest absolute Gasteiger partial charge is 0.0561 e. The average molecular weight is 201 g/mol. The minimum absolute atomic E-state index is 0.413. The van der Waals surface area contributed by atoms with Gasteiger partial charge in [-0.3, -0.25) is 0 Å². The van der Waals surface area contributed by atoms with Crippen LogP contribution in [0.4, 0.5) is 0 Å². The van der Waals surface area contributed by atoms with Gasteiger partial charge in [-0.15, -0.1) is 0 Å². The summed E-state index contributed by atoms with van der Waals surface area (Å²) in [6, 6.07) is 1.18. The van der Waals surface area contributed by atoms with Crippen LogP contribution in [0, 0.1) is 0 Å². The highest BCUT2D eigenvalue weighted by Gasteiger charge is 2.20. The van der Waals surface area contributed by atoms with Gasteiger partial charge in [0.05, 0.1) is 6.10 Å². The molecule has 14 heavy (non-hydrogen) atoms. The van der Waals surface area contributed by atoms with E-state index in [4.69, 9.17) is 9.47 Å². The molecule has 1 rings (SSSR count). The third-order valence-electron chi connectivity index (χ3n) is 2.76. The van der Waals surface area contributed by atoms with Gasteiger partial charge in [0, 0.05) is 32.4 Å². The molecule has 3 heteroatoms. The van der Waals surface area contributed by atoms with Crippen LogP contribution in [0.2, 0.25) is 0 Å². The summed E-state index contributed by atoms with van der Waals surface area (Å²) in [4.78, 5) is 0. The van der Waals surface area contributed by atoms with E-state index in [1.54, 1.807) is 7.11 Å². The Labute approximate surface area is 87.2 Å². The van der Waals surface area contributed by atoms with Crippen molar-refractivity contribution in [3.8, 4) is 0 Å². The number of rotatable bonds is 5. The zero-order valence-corrected chi connectivity index (χ0v) is 9.58. The highest BCUT2D eigenvalue weighted by molar-refractivity contribution is 4.77. The second kappa shape index (κ2) is 6.38. The molecule has 0 aromatic heterocycles. The lowest BCUT2D eigenvalue weighted by Gasteiger charge is -2.30. The van der Waals surface area contributed by atoms with E-state index in [1.165, 1.54) is 0 Å². The molecular formula is C11H23NO2. The van der Waals surface area contributed by atoms with Gasteiger partial charge in [0.1, 0.15) is 0 Å². The second-order valence-corrected chi connectivity index (χ2v) is 4.25. The molecule has 0 spiro atoms. The lowest BCUT2D eigenvalue weighted by molar-refractivity contribution is 0.0110. The Balaban J connectivity index is 2.15. The summed E-state index contributed by atoms with van der Waals surface area (Å²) in [5, 5.41) is 3.62. The van der Waals surface area contributed by atoms with Crippen molar-refractivity contribution in [1.82, 2.24) is 5.32 Å². The van der Waals surface area contributed by atoms with E-state index in [2.05, 4.69) is 19.2 Å². The fourth-order valence-electron chi connectivity index (χ4n) is 1.93. The van der Waals surface area contributed by atoms with Crippen LogP contribution in [0.5, 0.6) is 0 Å². The van der Waals surface area contributed by atoms with Gasteiger partial charge in [-0.1, -0.05) is 0 Å². The van der Waals surface area contributed by atoms with Gasteiger partial charge in [0.2, 0.25) is 0 Å². The molecule has 3 unspecified atom stereocenters. The topological polar surface area (TPSA) is 30.5 Å². The molecule has 1 saturated heterocycles. The molecule has 1 aliphatic rings. The number of nitrogens with one attached hydrogen (secondary N) is 1. The maximum atomic E-state index is 5.51. The quantitative estimate of drug-likeness (QED) is 0.732. The lowest BCUT2D eigenvalue weighted by Crippen LogP contribution is -2.42. The van der Waals surface area contributed by atoms with Crippen molar-refractivity contribution >= 4 is 0 Å². The van der Waals surface area contributed by atoms with Gasteiger partial charge in [-0.05, 0) is 33.1 Å². The van der Waals surface area contributed by atoms with Crippen molar-refractivity contribution in [3.05, 3.63) is 0 Å². The number of ether oxygens (including phenoxy) is 2. The predicted octanol–water partition coefficient (Wildman–Crippen LogP) is 1.57. The Bertz CT molecular complexity index is 152. The Hall–Kier alpha value is -0.120. The van der Waals surface area contributed by atoms with E-state index in [9.17, 15) is 0 Å². The van der Waals surface area contributed by atoms with E-state index in [0.717, 1.165) is 32.5 Å². The van der Waals surface area contributed by atoms with Crippen molar-refractivity contribution < 1.29 is 9.47 Å². The molecule has 0 aromatic rings. The Morgan fingerprint density at radius 1 is 1.57 bits per heavy atom. The van der Waals surface area contributed by atoms with Crippen LogP contribution in [0.15, 0.2) is 0 Å². The Morgan fingerprint density at radius 3 is 3.00 bits per heavy atom. The Morgan fingerprint density at radius 2 is 2.36 bits per heavy atom. The molecule has 84 valence electrons. The van der Waals surface area contributed by atoms with Crippen molar-refractivity contribution in [1.29, 1.82) is 0 Å². The van der Waals surface area contributed by atoms with E-state index in [1.807, 2.05) is 0 Å². The molecule has 0 bridgehead atoms. The monoisotopic (exact) mass is 201 g/mol. The van der Waals surface area contributed by atoms with Gasteiger partial charge in [0.25, 0.3) is 0 Å². The van der Waals surface area contributed by atoms with Gasteiger partial charge in [-0.25, -0.2) is 0 Å². The van der Waals surface area contributed by atoms with Gasteiger partial charge in [-0.2, -0.15) is 0 Å². The van der Waals surface area contributed by atoms with Crippen LogP contribution in [0.3, 0.4) is 0 Å². The van der Waals surface area contributed by atoms with Crippen molar-refractivity contribution in [2.75, 3.05) is 20.3 Å². The zero-order valence-electron chi connectivity index (χ0n) is 9.58. The van der Waals surface area contributed by atoms with Crippen LogP contribution < -0.4 is 5.32 Å². The molecule has 1 N–H and O–H groups in total. The van der Waals surface area contributed by atoms with Crippen molar-refractivity contribution in [2.24, 2.45) is 0 Å². The fourth-order valence-corrected chi connectivity index (χ4v) is 1.93. The molecule has 0 radical (unpaired) electrons. The number of hydrogen-bond donors (Lipinski definition) is 1. The molecular weight excluding hydrogens is 178 g/mol. The summed E-state index contributed by atoms with van der Waals surface area (Å²) in [5.41, 5.74) is 0. The second-order valence-electron chi connectivity index (χ2n) is 4.25. The SMILES string of the molecule is COCCC(C)NC1CCOC(C)C1. The summed E-state index contributed by atoms with van der Waals surface area (Å²) < 4.78 is 10.6. The van der Waals surface area contributed by atoms with Crippen molar-refractivity contribution in [2.45, 2.75) is 51.3 Å². The minimum atomic E-state index is 0.413. The van der Waals surface area contributed by atoms with E-state index >= 15 is 0 Å². The van der Waals surface area contributed by atoms with E-state index < -0.39 is 0 Å². The molecule has 0 aliphatic carbocycles. The maximum Gasteiger partial charge on any atom is 0.0561 e. The molecule has 1 aliphatic heterocycles. The zero-order chi connectivity index (χ0) is 10.4. The summed E-state index contributed by atoms with van der Waals surface area (Å²) >= 11 is 0. The predicted molar refractivity (Wildman–Crippen MR) is 57.5 cm³/mol. The lowest BCUT2D eigenvalue weighted by atomic mass is 10.0. The molecule has 0 saturated carbocycles.